The summed E-state index contributed by atoms with van der Waals surface area (Å²) < 4.78 is 0. The van der Waals surface area contributed by atoms with Crippen molar-refractivity contribution in [3.8, 4) is 0 Å². The Morgan fingerprint density at radius 1 is 1.00 bits per heavy atom. The second-order valence-electron chi connectivity index (χ2n) is 0. The van der Waals surface area contributed by atoms with Crippen molar-refractivity contribution in [2.45, 2.75) is 0 Å². The number of hydrogen-bond donors (Lipinski definition) is 0. The van der Waals surface area contributed by atoms with Crippen LogP contribution in [0.1, 0.15) is 0 Å². The summed E-state index contributed by atoms with van der Waals surface area (Å²) in [5, 5.41) is 0. The zero-order valence-electron chi connectivity index (χ0n) is 2.12. The molecule has 3 radical (unpaired) electrons. The van der Waals surface area contributed by atoms with Gasteiger partial charge in [0.1, 0.15) is 0 Å². The average Bonchev–Trinajstić information content (AvgIpc) is 0. The van der Waals surface area contributed by atoms with Crippen LogP contribution in [0.3, 0.4) is 0 Å². The first kappa shape index (κ1) is 44.6. The minimum atomic E-state index is 0. The Morgan fingerprint density at radius 3 is 1.00 bits per heavy atom. The summed E-state index contributed by atoms with van der Waals surface area (Å²) in [5.74, 6) is 0. The van der Waals surface area contributed by atoms with E-state index < -0.39 is 0 Å². The van der Waals surface area contributed by atoms with E-state index in [0.717, 1.165) is 0 Å². The molecular formula is CuFeIMnZn. The third-order valence-electron chi connectivity index (χ3n) is 0. The van der Waals surface area contributed by atoms with E-state index in [1.807, 2.05) is 0 Å². The Labute approximate surface area is 93.2 Å². The van der Waals surface area contributed by atoms with Gasteiger partial charge in [0.2, 0.25) is 0 Å². The van der Waals surface area contributed by atoms with Gasteiger partial charge in [-0.05, 0) is 0 Å². The maximum atomic E-state index is 0. The number of hydrogen-bond acceptors (Lipinski definition) is 0. The molecule has 35 valence electrons. The Balaban J connectivity index is 0. The predicted molar refractivity (Wildman–Crippen MR) is 14.0 cm³/mol. The number of halogens is 1. The van der Waals surface area contributed by atoms with Crippen molar-refractivity contribution in [1.29, 1.82) is 0 Å². The van der Waals surface area contributed by atoms with Crippen molar-refractivity contribution in [2.75, 3.05) is 0 Å². The molecule has 0 bridgehead atoms. The fourth-order valence-electron chi connectivity index (χ4n) is 0. The first-order valence-electron chi connectivity index (χ1n) is 0. The van der Waals surface area contributed by atoms with Crippen molar-refractivity contribution in [1.82, 2.24) is 0 Å². The maximum absolute atomic E-state index is 0. The summed E-state index contributed by atoms with van der Waals surface area (Å²) in [5.41, 5.74) is 0. The molecule has 0 aliphatic rings. The topological polar surface area (TPSA) is 0 Å². The first-order valence-corrected chi connectivity index (χ1v) is 0. The molecule has 0 heterocycles. The Hall–Kier alpha value is 2.91. The monoisotopic (exact) mass is 365 g/mol. The van der Waals surface area contributed by atoms with E-state index in [1.165, 1.54) is 0 Å². The smallest absolute Gasteiger partial charge is 0 e. The van der Waals surface area contributed by atoms with Crippen LogP contribution >= 0.6 is 24.0 Å². The van der Waals surface area contributed by atoms with Crippen LogP contribution in [0.25, 0.3) is 0 Å². The van der Waals surface area contributed by atoms with Crippen molar-refractivity contribution >= 4 is 24.0 Å². The second kappa shape index (κ2) is 28.5. The average molecular weight is 367 g/mol. The van der Waals surface area contributed by atoms with Crippen LogP contribution in [0.5, 0.6) is 0 Å². The van der Waals surface area contributed by atoms with Crippen LogP contribution in [0, 0.1) is 0 Å². The molecule has 0 aromatic heterocycles. The van der Waals surface area contributed by atoms with Crippen molar-refractivity contribution < 1.29 is 70.7 Å². The van der Waals surface area contributed by atoms with Gasteiger partial charge >= 0.3 is 0 Å². The van der Waals surface area contributed by atoms with Gasteiger partial charge in [0.05, 0.1) is 0 Å². The van der Waals surface area contributed by atoms with E-state index in [0.29, 0.717) is 0 Å². The molecule has 0 aliphatic heterocycles. The Kier molecular flexibility index (Phi) is 254. The Morgan fingerprint density at radius 2 is 1.00 bits per heavy atom. The van der Waals surface area contributed by atoms with Gasteiger partial charge in [-0.3, -0.25) is 0 Å². The summed E-state index contributed by atoms with van der Waals surface area (Å²) in [6.07, 6.45) is 0. The summed E-state index contributed by atoms with van der Waals surface area (Å²) >= 11 is 0. The maximum Gasteiger partial charge on any atom is 0 e. The minimum Gasteiger partial charge on any atom is 0 e. The standard InChI is InChI=1S/Cu.Fe.I.Mn.Zn. The molecule has 0 fully saturated rings. The molecule has 0 nitrogen and oxygen atoms in total. The molecule has 0 amide bonds. The van der Waals surface area contributed by atoms with E-state index in [9.17, 15) is 0 Å². The summed E-state index contributed by atoms with van der Waals surface area (Å²) in [6, 6.07) is 0. The van der Waals surface area contributed by atoms with Gasteiger partial charge in [0.25, 0.3) is 0 Å². The van der Waals surface area contributed by atoms with E-state index in [1.54, 1.807) is 0 Å². The Bertz CT molecular complexity index is 11.6. The van der Waals surface area contributed by atoms with E-state index in [4.69, 9.17) is 0 Å². The predicted octanol–water partition coefficient (Wildman–Crippen LogP) is 0.876. The van der Waals surface area contributed by atoms with Gasteiger partial charge in [-0.25, -0.2) is 0 Å². The minimum absolute atomic E-state index is 0. The molecule has 0 saturated heterocycles. The van der Waals surface area contributed by atoms with E-state index in [-0.39, 0.29) is 94.7 Å². The molecule has 0 N–H and O–H groups in total. The van der Waals surface area contributed by atoms with Crippen molar-refractivity contribution in [2.24, 2.45) is 0 Å². The summed E-state index contributed by atoms with van der Waals surface area (Å²) in [4.78, 5) is 0. The first-order chi connectivity index (χ1) is 0. The van der Waals surface area contributed by atoms with Gasteiger partial charge in [0.15, 0.2) is 0 Å². The molecule has 0 saturated carbocycles. The van der Waals surface area contributed by atoms with Gasteiger partial charge in [-0.1, -0.05) is 0 Å². The molecule has 0 aromatic carbocycles. The largest absolute Gasteiger partial charge is 0 e. The molecule has 0 aromatic rings. The summed E-state index contributed by atoms with van der Waals surface area (Å²) in [7, 11) is 0. The van der Waals surface area contributed by atoms with E-state index >= 15 is 0 Å². The molecule has 0 aliphatic carbocycles. The molecule has 0 atom stereocenters. The molecule has 0 unspecified atom stereocenters. The van der Waals surface area contributed by atoms with E-state index in [2.05, 4.69) is 0 Å². The quantitative estimate of drug-likeness (QED) is 0.441. The van der Waals surface area contributed by atoms with Crippen LogP contribution in [-0.2, 0) is 70.7 Å². The molecule has 0 spiro atoms. The third kappa shape index (κ3) is 19.7. The zero-order chi connectivity index (χ0) is 0. The second-order valence-corrected chi connectivity index (χ2v) is 0. The summed E-state index contributed by atoms with van der Waals surface area (Å²) in [6.45, 7) is 0. The fraction of sp³-hybridized carbons (Fsp3) is 0. The third-order valence-corrected chi connectivity index (χ3v) is 0. The molecule has 5 heavy (non-hydrogen) atoms. The van der Waals surface area contributed by atoms with Gasteiger partial charge in [-0.2, -0.15) is 0 Å². The van der Waals surface area contributed by atoms with Gasteiger partial charge in [0, 0.05) is 94.7 Å². The van der Waals surface area contributed by atoms with Crippen molar-refractivity contribution in [3.63, 3.8) is 0 Å². The van der Waals surface area contributed by atoms with Crippen LogP contribution in [0.15, 0.2) is 0 Å². The SMILES string of the molecule is [Cu].[Fe].[I].[Mn].[Zn]. The number of rotatable bonds is 0. The zero-order valence-corrected chi connectivity index (χ0v) is 10.5. The van der Waals surface area contributed by atoms with Crippen LogP contribution < -0.4 is 0 Å². The van der Waals surface area contributed by atoms with Crippen LogP contribution in [-0.4, -0.2) is 0 Å². The molecular weight excluding hydrogens is 367 g/mol. The van der Waals surface area contributed by atoms with Gasteiger partial charge in [-0.15, -0.1) is 0 Å². The fourth-order valence-corrected chi connectivity index (χ4v) is 0. The van der Waals surface area contributed by atoms with Gasteiger partial charge < -0.3 is 0 Å². The molecule has 5 heteroatoms. The van der Waals surface area contributed by atoms with Crippen LogP contribution in [0.2, 0.25) is 0 Å². The molecule has 0 rings (SSSR count). The van der Waals surface area contributed by atoms with Crippen molar-refractivity contribution in [3.05, 3.63) is 0 Å². The van der Waals surface area contributed by atoms with Crippen LogP contribution in [0.4, 0.5) is 0 Å². The normalized spacial score (nSPS) is 0.